The first-order valence-corrected chi connectivity index (χ1v) is 49.3. The highest BCUT2D eigenvalue weighted by molar-refractivity contribution is 6.15. The molecule has 0 radical (unpaired) electrons. The van der Waals surface area contributed by atoms with E-state index in [0.29, 0.717) is 0 Å². The zero-order chi connectivity index (χ0) is 97.2. The molecule has 0 N–H and O–H groups in total. The van der Waals surface area contributed by atoms with Gasteiger partial charge in [0.25, 0.3) is 0 Å². The molecule has 9 heterocycles. The quantitative estimate of drug-likeness (QED) is 0.0899. The fourth-order valence-electron chi connectivity index (χ4n) is 21.1. The molecule has 8 aromatic heterocycles. The van der Waals surface area contributed by atoms with Gasteiger partial charge >= 0.3 is 0 Å². The minimum absolute atomic E-state index is 0.0789. The lowest BCUT2D eigenvalue weighted by Crippen LogP contribution is -2.38. The summed E-state index contributed by atoms with van der Waals surface area (Å²) in [6.07, 6.45) is 2.26. The molecule has 0 saturated heterocycles. The summed E-state index contributed by atoms with van der Waals surface area (Å²) in [5.41, 5.74) is 41.9. The number of para-hydroxylation sites is 13. The maximum Gasteiger partial charge on any atom is 0.213 e. The van der Waals surface area contributed by atoms with Crippen molar-refractivity contribution in [1.82, 2.24) is 39.9 Å². The number of benzene rings is 20. The molecule has 1 atom stereocenters. The summed E-state index contributed by atoms with van der Waals surface area (Å²) in [6, 6.07) is 174. The lowest BCUT2D eigenvalue weighted by Gasteiger charge is -2.26. The minimum Gasteiger partial charge on any atom is -0.456 e. The number of nitrogens with zero attached hydrogens (tertiary/aromatic N) is 10. The van der Waals surface area contributed by atoms with E-state index in [-0.39, 0.29) is 6.04 Å². The van der Waals surface area contributed by atoms with Crippen molar-refractivity contribution in [3.63, 3.8) is 0 Å². The Morgan fingerprint density at radius 2 is 0.442 bits per heavy atom. The molecule has 0 bridgehead atoms. The average molecular weight is 1880 g/mol. The number of fused-ring (bicyclic) bond motifs is 16. The summed E-state index contributed by atoms with van der Waals surface area (Å²) in [5.74, 6) is 0. The monoisotopic (exact) mass is 1880 g/mol. The van der Waals surface area contributed by atoms with Crippen LogP contribution in [0.1, 0.15) is 17.2 Å². The van der Waals surface area contributed by atoms with Gasteiger partial charge in [-0.15, -0.1) is 0 Å². The van der Waals surface area contributed by atoms with Crippen LogP contribution in [0, 0.1) is 0 Å². The van der Waals surface area contributed by atoms with Crippen LogP contribution in [0.2, 0.25) is 0 Å². The van der Waals surface area contributed by atoms with E-state index < -0.39 is 0 Å². The van der Waals surface area contributed by atoms with Gasteiger partial charge in [-0.25, -0.2) is 39.9 Å². The number of hydrogen-bond donors (Lipinski definition) is 0. The molecule has 13 nitrogen and oxygen atoms in total. The molecule has 0 saturated carbocycles. The predicted octanol–water partition coefficient (Wildman–Crippen LogP) is 34.2. The fraction of sp³-hybridized carbons (Fsp3) is 0.00746. The molecule has 1 unspecified atom stereocenters. The predicted molar refractivity (Wildman–Crippen MR) is 597 cm³/mol. The Morgan fingerprint density at radius 1 is 0.184 bits per heavy atom. The number of anilines is 3. The molecule has 20 aromatic carbocycles. The molecule has 28 aromatic rings. The SMILES string of the molecule is c1ccc(-c2nc3ccccc3nc2-c2cccc(-c3nc4ccccc4nc3-c3ccc(-c4cccc5oc6ccccc6c45)cc3)c2)cc1.c1ccc(C2c3ccccc3-c3ccc(-c4nc5ccccc5nc4-c4ccc(-c5cccc6oc7ccccc7c56)cc4)c[n+]32)cc1.c1ccc(N(c2ccccc2)c2cccc(-c3nc4ccccc4nc3-c3ccc(-c4cccc5oc6ccccc6c45)cc3)c2)cc1. The van der Waals surface area contributed by atoms with Crippen LogP contribution in [0.15, 0.2) is 523 Å². The van der Waals surface area contributed by atoms with E-state index in [1.54, 1.807) is 0 Å². The maximum atomic E-state index is 6.18. The van der Waals surface area contributed by atoms with Gasteiger partial charge in [0, 0.05) is 106 Å². The molecular formula is C134H85N10O3+. The molecule has 0 fully saturated rings. The van der Waals surface area contributed by atoms with Crippen LogP contribution in [-0.4, -0.2) is 39.9 Å². The van der Waals surface area contributed by atoms with Gasteiger partial charge in [-0.2, -0.15) is 4.57 Å². The van der Waals surface area contributed by atoms with Gasteiger partial charge in [0.2, 0.25) is 11.7 Å². The highest BCUT2D eigenvalue weighted by Gasteiger charge is 2.38. The van der Waals surface area contributed by atoms with Gasteiger partial charge < -0.3 is 18.2 Å². The van der Waals surface area contributed by atoms with Crippen molar-refractivity contribution in [2.24, 2.45) is 0 Å². The third kappa shape index (κ3) is 15.9. The van der Waals surface area contributed by atoms with Gasteiger partial charge in [0.05, 0.1) is 95.1 Å². The first kappa shape index (κ1) is 86.2. The van der Waals surface area contributed by atoms with Crippen molar-refractivity contribution in [2.75, 3.05) is 4.90 Å². The third-order valence-electron chi connectivity index (χ3n) is 27.9. The lowest BCUT2D eigenvalue weighted by molar-refractivity contribution is -0.688. The second-order valence-corrected chi connectivity index (χ2v) is 36.8. The fourth-order valence-corrected chi connectivity index (χ4v) is 21.1. The molecule has 29 rings (SSSR count). The molecular weight excluding hydrogens is 1800 g/mol. The van der Waals surface area contributed by atoms with Crippen LogP contribution in [0.3, 0.4) is 0 Å². The number of rotatable bonds is 15. The summed E-state index contributed by atoms with van der Waals surface area (Å²) in [4.78, 5) is 43.9. The molecule has 1 aliphatic rings. The molecule has 13 heteroatoms. The van der Waals surface area contributed by atoms with E-state index in [1.807, 2.05) is 182 Å². The highest BCUT2D eigenvalue weighted by Crippen LogP contribution is 2.48. The normalized spacial score (nSPS) is 12.1. The Hall–Kier alpha value is -19.9. The number of furan rings is 3. The number of pyridine rings is 1. The summed E-state index contributed by atoms with van der Waals surface area (Å²) >= 11 is 0. The summed E-state index contributed by atoms with van der Waals surface area (Å²) in [5, 5.41) is 6.74. The Balaban J connectivity index is 0.000000109. The first-order valence-electron chi connectivity index (χ1n) is 49.3. The van der Waals surface area contributed by atoms with E-state index in [1.165, 1.54) is 22.4 Å². The zero-order valence-electron chi connectivity index (χ0n) is 79.3. The Kier molecular flexibility index (Phi) is 21.7. The van der Waals surface area contributed by atoms with Gasteiger partial charge in [0.1, 0.15) is 39.2 Å². The largest absolute Gasteiger partial charge is 0.456 e. The molecule has 0 aliphatic carbocycles. The van der Waals surface area contributed by atoms with Crippen LogP contribution in [-0.2, 0) is 0 Å². The molecule has 0 amide bonds. The van der Waals surface area contributed by atoms with Crippen molar-refractivity contribution in [2.45, 2.75) is 6.04 Å². The zero-order valence-corrected chi connectivity index (χ0v) is 79.3. The van der Waals surface area contributed by atoms with Crippen LogP contribution < -0.4 is 9.47 Å². The number of hydrogen-bond acceptors (Lipinski definition) is 12. The second-order valence-electron chi connectivity index (χ2n) is 36.8. The van der Waals surface area contributed by atoms with Crippen LogP contribution in [0.5, 0.6) is 0 Å². The Bertz CT molecular complexity index is 9860. The van der Waals surface area contributed by atoms with E-state index in [9.17, 15) is 0 Å². The van der Waals surface area contributed by atoms with Crippen LogP contribution >= 0.6 is 0 Å². The Labute approximate surface area is 845 Å². The lowest BCUT2D eigenvalue weighted by atomic mass is 9.96. The standard InChI is InChI=1S/C46H28N4O.C44H28N3O.C44H29N3O/c1-2-12-30(13-3-1)43-45(49-38-20-7-5-18-36(38)47-43)32-14-10-15-33(28-32)46-44(48-37-19-6-8-21-39(37)50-46)31-26-24-29(25-27-31)34-17-11-23-41-42(34)35-16-4-9-22-40(35)51-41;1-2-11-30(12-3-1)44-34-14-5-4-13-33(34)38-26-25-31(27-47(38)44)43-42(45-36-17-7-8-18-37(36)46-43)29-23-21-28(22-24-29)32-16-10-20-40-41(32)35-15-6-9-19-39(35)48-40;1-3-14-33(15-4-1)47(34-16-5-2-6-17-34)35-18-11-13-32(29-35)44-43(45-38-21-8-9-22-39(38)46-44)31-27-25-30(26-28-31)36-20-12-24-41-42(36)37-19-7-10-23-40(37)48-41/h1-28H;1-27,44H;1-29H/q;+1;. The Morgan fingerprint density at radius 3 is 0.830 bits per heavy atom. The van der Waals surface area contributed by atoms with E-state index in [0.717, 1.165) is 250 Å². The molecule has 147 heavy (non-hydrogen) atoms. The van der Waals surface area contributed by atoms with Gasteiger partial charge in [-0.05, 0) is 173 Å². The average Bonchev–Trinajstić information content (AvgIpc) is 1.58. The minimum atomic E-state index is 0.0789. The maximum absolute atomic E-state index is 6.18. The van der Waals surface area contributed by atoms with Crippen LogP contribution in [0.4, 0.5) is 17.1 Å². The highest BCUT2D eigenvalue weighted by atomic mass is 16.3. The third-order valence-corrected chi connectivity index (χ3v) is 27.9. The molecule has 0 spiro atoms. The van der Waals surface area contributed by atoms with Crippen molar-refractivity contribution in [3.05, 3.63) is 521 Å². The van der Waals surface area contributed by atoms with E-state index in [2.05, 4.69) is 337 Å². The number of aromatic nitrogens is 9. The van der Waals surface area contributed by atoms with Crippen molar-refractivity contribution in [1.29, 1.82) is 0 Å². The van der Waals surface area contributed by atoms with Crippen LogP contribution in [0.25, 0.3) is 245 Å². The van der Waals surface area contributed by atoms with Gasteiger partial charge in [-0.1, -0.05) is 358 Å². The second kappa shape index (κ2) is 37.0. The topological polar surface area (TPSA) is 150 Å². The molecule has 1 aliphatic heterocycles. The summed E-state index contributed by atoms with van der Waals surface area (Å²) in [6.45, 7) is 0. The van der Waals surface area contributed by atoms with E-state index >= 15 is 0 Å². The summed E-state index contributed by atoms with van der Waals surface area (Å²) < 4.78 is 20.9. The van der Waals surface area contributed by atoms with Crippen molar-refractivity contribution >= 4 is 127 Å². The van der Waals surface area contributed by atoms with E-state index in [4.69, 9.17) is 53.1 Å². The smallest absolute Gasteiger partial charge is 0.213 e. The van der Waals surface area contributed by atoms with Gasteiger partial charge in [-0.3, -0.25) is 0 Å². The summed E-state index contributed by atoms with van der Waals surface area (Å²) in [7, 11) is 0. The van der Waals surface area contributed by atoms with Crippen molar-refractivity contribution < 1.29 is 17.8 Å². The van der Waals surface area contributed by atoms with Gasteiger partial charge in [0.15, 0.2) is 6.20 Å². The van der Waals surface area contributed by atoms with Crippen molar-refractivity contribution in [3.8, 4) is 135 Å². The molecule has 688 valence electrons. The first-order chi connectivity index (χ1) is 72.9.